The Morgan fingerprint density at radius 3 is 2.42 bits per heavy atom. The van der Waals surface area contributed by atoms with Gasteiger partial charge in [0, 0.05) is 11.9 Å². The van der Waals surface area contributed by atoms with Crippen LogP contribution in [-0.4, -0.2) is 10.9 Å². The Morgan fingerprint density at radius 2 is 1.71 bits per heavy atom. The summed E-state index contributed by atoms with van der Waals surface area (Å²) in [7, 11) is 0. The number of amides is 1. The molecule has 3 rings (SSSR count). The van der Waals surface area contributed by atoms with Gasteiger partial charge in [-0.1, -0.05) is 36.4 Å². The lowest BCUT2D eigenvalue weighted by Gasteiger charge is -2.09. The molecule has 5 heteroatoms. The third kappa shape index (κ3) is 4.10. The Labute approximate surface area is 140 Å². The smallest absolute Gasteiger partial charge is 0.228 e. The minimum atomic E-state index is -0.126. The number of hydrogen-bond acceptors (Lipinski definition) is 4. The molecule has 0 spiro atoms. The highest BCUT2D eigenvalue weighted by molar-refractivity contribution is 5.95. The van der Waals surface area contributed by atoms with Crippen molar-refractivity contribution >= 4 is 28.8 Å². The van der Waals surface area contributed by atoms with E-state index in [1.54, 1.807) is 18.3 Å². The first-order valence-electron chi connectivity index (χ1n) is 7.62. The summed E-state index contributed by atoms with van der Waals surface area (Å²) in [5.41, 5.74) is 8.79. The largest absolute Gasteiger partial charge is 0.397 e. The Balaban J connectivity index is 1.60. The fourth-order valence-electron chi connectivity index (χ4n) is 2.26. The highest BCUT2D eigenvalue weighted by Crippen LogP contribution is 2.17. The number of nitrogens with two attached hydrogens (primary N) is 1. The maximum atomic E-state index is 12.1. The Hall–Kier alpha value is -3.34. The monoisotopic (exact) mass is 318 g/mol. The van der Waals surface area contributed by atoms with Gasteiger partial charge < -0.3 is 16.4 Å². The van der Waals surface area contributed by atoms with Gasteiger partial charge in [0.15, 0.2) is 0 Å². The van der Waals surface area contributed by atoms with Gasteiger partial charge in [-0.15, -0.1) is 0 Å². The first-order valence-corrected chi connectivity index (χ1v) is 7.62. The Kier molecular flexibility index (Phi) is 4.72. The zero-order valence-corrected chi connectivity index (χ0v) is 13.1. The van der Waals surface area contributed by atoms with Gasteiger partial charge in [0.05, 0.1) is 17.8 Å². The summed E-state index contributed by atoms with van der Waals surface area (Å²) in [6, 6.07) is 20.7. The minimum Gasteiger partial charge on any atom is -0.397 e. The predicted octanol–water partition coefficient (Wildman–Crippen LogP) is 3.59. The number of hydrogen-bond donors (Lipinski definition) is 3. The van der Waals surface area contributed by atoms with E-state index < -0.39 is 0 Å². The van der Waals surface area contributed by atoms with E-state index in [9.17, 15) is 4.79 Å². The number of nitrogens with one attached hydrogen (secondary N) is 2. The number of pyridine rings is 1. The first kappa shape index (κ1) is 15.6. The van der Waals surface area contributed by atoms with Gasteiger partial charge in [-0.25, -0.2) is 4.98 Å². The minimum absolute atomic E-state index is 0.126. The maximum absolute atomic E-state index is 12.1. The van der Waals surface area contributed by atoms with Crippen LogP contribution in [0.5, 0.6) is 0 Å². The molecule has 0 aliphatic carbocycles. The number of para-hydroxylation sites is 3. The average Bonchev–Trinajstić information content (AvgIpc) is 2.60. The van der Waals surface area contributed by atoms with Crippen LogP contribution in [0.4, 0.5) is 22.9 Å². The normalized spacial score (nSPS) is 10.2. The van der Waals surface area contributed by atoms with E-state index in [2.05, 4.69) is 15.6 Å². The van der Waals surface area contributed by atoms with Gasteiger partial charge in [0.25, 0.3) is 0 Å². The molecule has 0 aliphatic heterocycles. The van der Waals surface area contributed by atoms with Crippen LogP contribution >= 0.6 is 0 Å². The van der Waals surface area contributed by atoms with Crippen molar-refractivity contribution in [3.8, 4) is 0 Å². The summed E-state index contributed by atoms with van der Waals surface area (Å²) >= 11 is 0. The van der Waals surface area contributed by atoms with Crippen LogP contribution in [0.1, 0.15) is 5.56 Å². The molecule has 0 aliphatic rings. The zero-order chi connectivity index (χ0) is 16.8. The Morgan fingerprint density at radius 1 is 0.958 bits per heavy atom. The van der Waals surface area contributed by atoms with E-state index in [1.807, 2.05) is 54.6 Å². The zero-order valence-electron chi connectivity index (χ0n) is 13.1. The number of nitrogens with zero attached hydrogens (tertiary/aromatic N) is 1. The molecule has 0 saturated carbocycles. The second-order valence-electron chi connectivity index (χ2n) is 5.35. The molecule has 0 radical (unpaired) electrons. The number of aromatic nitrogens is 1. The SMILES string of the molecule is Nc1ccccc1NC(=O)Cc1ccc(Nc2ccccc2)nc1. The molecule has 1 amide bonds. The van der Waals surface area contributed by atoms with Crippen molar-refractivity contribution in [1.29, 1.82) is 0 Å². The first-order chi connectivity index (χ1) is 11.7. The molecule has 0 atom stereocenters. The van der Waals surface area contributed by atoms with Crippen LogP contribution in [0.15, 0.2) is 72.9 Å². The lowest BCUT2D eigenvalue weighted by atomic mass is 10.2. The fraction of sp³-hybridized carbons (Fsp3) is 0.0526. The van der Waals surface area contributed by atoms with Gasteiger partial charge in [0.1, 0.15) is 5.82 Å². The van der Waals surface area contributed by atoms with Crippen LogP contribution in [-0.2, 0) is 11.2 Å². The predicted molar refractivity (Wildman–Crippen MR) is 97.1 cm³/mol. The van der Waals surface area contributed by atoms with Gasteiger partial charge in [-0.3, -0.25) is 4.79 Å². The van der Waals surface area contributed by atoms with Crippen molar-refractivity contribution in [3.05, 3.63) is 78.5 Å². The summed E-state index contributed by atoms with van der Waals surface area (Å²) in [6.45, 7) is 0. The van der Waals surface area contributed by atoms with Crippen molar-refractivity contribution in [2.45, 2.75) is 6.42 Å². The summed E-state index contributed by atoms with van der Waals surface area (Å²) in [5, 5.41) is 6.01. The summed E-state index contributed by atoms with van der Waals surface area (Å²) in [6.07, 6.45) is 1.94. The van der Waals surface area contributed by atoms with E-state index in [4.69, 9.17) is 5.73 Å². The molecule has 24 heavy (non-hydrogen) atoms. The van der Waals surface area contributed by atoms with Crippen LogP contribution < -0.4 is 16.4 Å². The third-order valence-electron chi connectivity index (χ3n) is 3.47. The standard InChI is InChI=1S/C19H18N4O/c20-16-8-4-5-9-17(16)23-19(24)12-14-10-11-18(21-13-14)22-15-6-2-1-3-7-15/h1-11,13H,12,20H2,(H,21,22)(H,23,24). The molecular formula is C19H18N4O. The second kappa shape index (κ2) is 7.28. The van der Waals surface area contributed by atoms with E-state index in [0.717, 1.165) is 17.1 Å². The summed E-state index contributed by atoms with van der Waals surface area (Å²) in [5.74, 6) is 0.608. The van der Waals surface area contributed by atoms with E-state index in [-0.39, 0.29) is 12.3 Å². The van der Waals surface area contributed by atoms with Crippen LogP contribution in [0.25, 0.3) is 0 Å². The van der Waals surface area contributed by atoms with E-state index >= 15 is 0 Å². The summed E-state index contributed by atoms with van der Waals surface area (Å²) in [4.78, 5) is 16.4. The van der Waals surface area contributed by atoms with Crippen molar-refractivity contribution < 1.29 is 4.79 Å². The molecule has 4 N–H and O–H groups in total. The third-order valence-corrected chi connectivity index (χ3v) is 3.47. The lowest BCUT2D eigenvalue weighted by Crippen LogP contribution is -2.15. The van der Waals surface area contributed by atoms with Gasteiger partial charge in [-0.05, 0) is 35.9 Å². The molecule has 0 fully saturated rings. The molecule has 5 nitrogen and oxygen atoms in total. The van der Waals surface area contributed by atoms with Crippen molar-refractivity contribution in [3.63, 3.8) is 0 Å². The van der Waals surface area contributed by atoms with Gasteiger partial charge in [0.2, 0.25) is 5.91 Å². The van der Waals surface area contributed by atoms with Gasteiger partial charge >= 0.3 is 0 Å². The van der Waals surface area contributed by atoms with Crippen molar-refractivity contribution in [2.75, 3.05) is 16.4 Å². The number of anilines is 4. The highest BCUT2D eigenvalue weighted by atomic mass is 16.1. The number of benzene rings is 2. The van der Waals surface area contributed by atoms with Crippen LogP contribution in [0.2, 0.25) is 0 Å². The molecule has 0 saturated heterocycles. The molecule has 1 heterocycles. The number of rotatable bonds is 5. The second-order valence-corrected chi connectivity index (χ2v) is 5.35. The van der Waals surface area contributed by atoms with Gasteiger partial charge in [-0.2, -0.15) is 0 Å². The molecule has 0 unspecified atom stereocenters. The quantitative estimate of drug-likeness (QED) is 0.628. The highest BCUT2D eigenvalue weighted by Gasteiger charge is 2.06. The van der Waals surface area contributed by atoms with Crippen LogP contribution in [0.3, 0.4) is 0 Å². The Bertz CT molecular complexity index is 816. The van der Waals surface area contributed by atoms with E-state index in [1.165, 1.54) is 0 Å². The molecule has 3 aromatic rings. The maximum Gasteiger partial charge on any atom is 0.228 e. The number of carbonyl (C=O) groups is 1. The summed E-state index contributed by atoms with van der Waals surface area (Å²) < 4.78 is 0. The van der Waals surface area contributed by atoms with Crippen molar-refractivity contribution in [2.24, 2.45) is 0 Å². The number of carbonyl (C=O) groups excluding carboxylic acids is 1. The topological polar surface area (TPSA) is 80.0 Å². The molecule has 2 aromatic carbocycles. The van der Waals surface area contributed by atoms with Crippen LogP contribution in [0, 0.1) is 0 Å². The van der Waals surface area contributed by atoms with E-state index in [0.29, 0.717) is 11.4 Å². The molecular weight excluding hydrogens is 300 g/mol. The molecule has 1 aromatic heterocycles. The fourth-order valence-corrected chi connectivity index (χ4v) is 2.26. The average molecular weight is 318 g/mol. The molecule has 0 bridgehead atoms. The molecule has 120 valence electrons. The lowest BCUT2D eigenvalue weighted by molar-refractivity contribution is -0.115. The number of nitrogen functional groups attached to an aromatic ring is 1. The van der Waals surface area contributed by atoms with Crippen molar-refractivity contribution in [1.82, 2.24) is 4.98 Å².